The van der Waals surface area contributed by atoms with E-state index in [-0.39, 0.29) is 11.1 Å². The number of nitrogens with zero attached hydrogens (tertiary/aromatic N) is 5. The molecule has 0 bridgehead atoms. The Morgan fingerprint density at radius 3 is 3.00 bits per heavy atom. The molecule has 102 valence electrons. The van der Waals surface area contributed by atoms with Crippen molar-refractivity contribution in [1.82, 2.24) is 24.5 Å². The molecule has 0 saturated heterocycles. The molecule has 20 heavy (non-hydrogen) atoms. The van der Waals surface area contributed by atoms with Crippen molar-refractivity contribution >= 4 is 28.6 Å². The van der Waals surface area contributed by atoms with E-state index in [9.17, 15) is 0 Å². The number of nitrogens with two attached hydrogens (primary N) is 1. The lowest BCUT2D eigenvalue weighted by Gasteiger charge is -2.05. The average molecular weight is 291 g/mol. The van der Waals surface area contributed by atoms with E-state index < -0.39 is 0 Å². The fraction of sp³-hybridized carbons (Fsp3) is 0.167. The van der Waals surface area contributed by atoms with Crippen LogP contribution in [0.5, 0.6) is 5.75 Å². The third-order valence-electron chi connectivity index (χ3n) is 2.82. The maximum absolute atomic E-state index is 5.82. The van der Waals surface area contributed by atoms with E-state index in [1.807, 2.05) is 6.07 Å². The van der Waals surface area contributed by atoms with Crippen molar-refractivity contribution in [3.8, 4) is 5.75 Å². The molecular weight excluding hydrogens is 280 g/mol. The van der Waals surface area contributed by atoms with Gasteiger partial charge in [0, 0.05) is 12.3 Å². The molecule has 0 fully saturated rings. The van der Waals surface area contributed by atoms with Crippen LogP contribution in [0.15, 0.2) is 24.7 Å². The van der Waals surface area contributed by atoms with E-state index >= 15 is 0 Å². The van der Waals surface area contributed by atoms with Gasteiger partial charge in [-0.2, -0.15) is 9.97 Å². The van der Waals surface area contributed by atoms with Gasteiger partial charge in [0.05, 0.1) is 25.7 Å². The van der Waals surface area contributed by atoms with Crippen LogP contribution >= 0.6 is 11.6 Å². The Labute approximate surface area is 119 Å². The molecule has 8 heteroatoms. The molecule has 3 rings (SSSR count). The van der Waals surface area contributed by atoms with Crippen LogP contribution < -0.4 is 10.5 Å². The van der Waals surface area contributed by atoms with Crippen LogP contribution in [0.1, 0.15) is 5.69 Å². The van der Waals surface area contributed by atoms with Gasteiger partial charge in [-0.15, -0.1) is 0 Å². The van der Waals surface area contributed by atoms with Crippen LogP contribution in [0, 0.1) is 0 Å². The highest BCUT2D eigenvalue weighted by Gasteiger charge is 2.11. The summed E-state index contributed by atoms with van der Waals surface area (Å²) in [5.41, 5.74) is 7.68. The number of aromatic nitrogens is 5. The van der Waals surface area contributed by atoms with Gasteiger partial charge in [-0.05, 0) is 17.7 Å². The van der Waals surface area contributed by atoms with Gasteiger partial charge in [0.25, 0.3) is 0 Å². The summed E-state index contributed by atoms with van der Waals surface area (Å²) < 4.78 is 6.97. The number of pyridine rings is 1. The molecule has 3 aromatic rings. The zero-order chi connectivity index (χ0) is 14.1. The van der Waals surface area contributed by atoms with Gasteiger partial charge < -0.3 is 15.0 Å². The first-order valence-corrected chi connectivity index (χ1v) is 6.18. The summed E-state index contributed by atoms with van der Waals surface area (Å²) in [6, 6.07) is 3.63. The maximum atomic E-state index is 5.82. The zero-order valence-electron chi connectivity index (χ0n) is 10.6. The lowest BCUT2D eigenvalue weighted by molar-refractivity contribution is 0.413. The van der Waals surface area contributed by atoms with Crippen LogP contribution in [0.3, 0.4) is 0 Å². The third-order valence-corrected chi connectivity index (χ3v) is 2.99. The van der Waals surface area contributed by atoms with Crippen LogP contribution in [0.2, 0.25) is 5.28 Å². The highest BCUT2D eigenvalue weighted by Crippen LogP contribution is 2.19. The summed E-state index contributed by atoms with van der Waals surface area (Å²) in [6.07, 6.45) is 3.32. The molecule has 3 aromatic heterocycles. The quantitative estimate of drug-likeness (QED) is 0.735. The number of nitrogen functional groups attached to an aromatic ring is 1. The van der Waals surface area contributed by atoms with Crippen LogP contribution in [0.25, 0.3) is 11.2 Å². The number of hydrogen-bond donors (Lipinski definition) is 1. The molecule has 0 amide bonds. The Hall–Kier alpha value is -2.41. The second kappa shape index (κ2) is 4.93. The van der Waals surface area contributed by atoms with Crippen molar-refractivity contribution in [3.63, 3.8) is 0 Å². The average Bonchev–Trinajstić information content (AvgIpc) is 2.82. The van der Waals surface area contributed by atoms with Gasteiger partial charge in [-0.1, -0.05) is 0 Å². The number of halogens is 1. The van der Waals surface area contributed by atoms with Gasteiger partial charge in [0.2, 0.25) is 5.28 Å². The molecule has 7 nitrogen and oxygen atoms in total. The van der Waals surface area contributed by atoms with Crippen molar-refractivity contribution in [2.24, 2.45) is 0 Å². The molecule has 2 N–H and O–H groups in total. The highest BCUT2D eigenvalue weighted by atomic mass is 35.5. The number of anilines is 1. The Balaban J connectivity index is 2.02. The molecule has 0 saturated carbocycles. The van der Waals surface area contributed by atoms with Gasteiger partial charge in [-0.25, -0.2) is 4.98 Å². The molecule has 0 aliphatic carbocycles. The molecule has 0 unspecified atom stereocenters. The van der Waals surface area contributed by atoms with Gasteiger partial charge >= 0.3 is 0 Å². The Morgan fingerprint density at radius 2 is 2.20 bits per heavy atom. The number of ether oxygens (including phenoxy) is 1. The number of hydrogen-bond acceptors (Lipinski definition) is 6. The van der Waals surface area contributed by atoms with E-state index in [4.69, 9.17) is 22.1 Å². The molecule has 0 aliphatic rings. The normalized spacial score (nSPS) is 10.9. The van der Waals surface area contributed by atoms with Crippen molar-refractivity contribution in [3.05, 3.63) is 35.6 Å². The third kappa shape index (κ3) is 2.23. The van der Waals surface area contributed by atoms with E-state index in [0.29, 0.717) is 17.7 Å². The van der Waals surface area contributed by atoms with E-state index in [0.717, 1.165) is 11.4 Å². The second-order valence-corrected chi connectivity index (χ2v) is 4.45. The van der Waals surface area contributed by atoms with E-state index in [1.54, 1.807) is 30.3 Å². The second-order valence-electron chi connectivity index (χ2n) is 4.11. The lowest BCUT2D eigenvalue weighted by Crippen LogP contribution is -2.03. The van der Waals surface area contributed by atoms with Crippen molar-refractivity contribution in [1.29, 1.82) is 0 Å². The van der Waals surface area contributed by atoms with Crippen LogP contribution in [-0.4, -0.2) is 31.6 Å². The van der Waals surface area contributed by atoms with E-state index in [2.05, 4.69) is 19.9 Å². The minimum atomic E-state index is 0.0929. The molecule has 0 aliphatic heterocycles. The standard InChI is InChI=1S/C12H11ClN6O/c1-20-8-2-3-15-7(4-8)5-19-6-16-9-10(14)17-12(13)18-11(9)19/h2-4,6H,5H2,1H3,(H2,14,17,18). The molecule has 0 atom stereocenters. The summed E-state index contributed by atoms with van der Waals surface area (Å²) in [7, 11) is 1.61. The molecule has 3 heterocycles. The number of methoxy groups -OCH3 is 1. The van der Waals surface area contributed by atoms with E-state index in [1.165, 1.54) is 0 Å². The summed E-state index contributed by atoms with van der Waals surface area (Å²) in [5.74, 6) is 1.00. The number of rotatable bonds is 3. The first-order valence-electron chi connectivity index (χ1n) is 5.80. The fourth-order valence-corrected chi connectivity index (χ4v) is 2.07. The summed E-state index contributed by atoms with van der Waals surface area (Å²) in [6.45, 7) is 0.487. The number of imidazole rings is 1. The smallest absolute Gasteiger partial charge is 0.226 e. The van der Waals surface area contributed by atoms with Crippen LogP contribution in [0.4, 0.5) is 5.82 Å². The summed E-state index contributed by atoms with van der Waals surface area (Å²) in [4.78, 5) is 16.5. The van der Waals surface area contributed by atoms with Crippen LogP contribution in [-0.2, 0) is 6.54 Å². The SMILES string of the molecule is COc1ccnc(Cn2cnc3c(N)nc(Cl)nc32)c1. The van der Waals surface area contributed by atoms with Gasteiger partial charge in [-0.3, -0.25) is 4.98 Å². The first kappa shape index (κ1) is 12.6. The predicted octanol–water partition coefficient (Wildman–Crippen LogP) is 1.51. The largest absolute Gasteiger partial charge is 0.497 e. The monoisotopic (exact) mass is 290 g/mol. The zero-order valence-corrected chi connectivity index (χ0v) is 11.4. The molecule has 0 aromatic carbocycles. The summed E-state index contributed by atoms with van der Waals surface area (Å²) >= 11 is 5.82. The minimum absolute atomic E-state index is 0.0929. The Kier molecular flexibility index (Phi) is 3.11. The maximum Gasteiger partial charge on any atom is 0.226 e. The van der Waals surface area contributed by atoms with Crippen molar-refractivity contribution < 1.29 is 4.74 Å². The molecule has 0 radical (unpaired) electrons. The first-order chi connectivity index (χ1) is 9.67. The minimum Gasteiger partial charge on any atom is -0.497 e. The van der Waals surface area contributed by atoms with Gasteiger partial charge in [0.15, 0.2) is 11.5 Å². The Morgan fingerprint density at radius 1 is 1.35 bits per heavy atom. The highest BCUT2D eigenvalue weighted by molar-refractivity contribution is 6.28. The molecule has 0 spiro atoms. The number of fused-ring (bicyclic) bond motifs is 1. The fourth-order valence-electron chi connectivity index (χ4n) is 1.90. The lowest BCUT2D eigenvalue weighted by atomic mass is 10.3. The van der Waals surface area contributed by atoms with Gasteiger partial charge in [0.1, 0.15) is 11.3 Å². The van der Waals surface area contributed by atoms with Crippen molar-refractivity contribution in [2.45, 2.75) is 6.54 Å². The predicted molar refractivity (Wildman–Crippen MR) is 74.6 cm³/mol. The Bertz CT molecular complexity index is 772. The summed E-state index contributed by atoms with van der Waals surface area (Å²) in [5, 5.41) is 0.0929. The molecular formula is C12H11ClN6O. The topological polar surface area (TPSA) is 91.7 Å². The van der Waals surface area contributed by atoms with Crippen molar-refractivity contribution in [2.75, 3.05) is 12.8 Å².